The molecular weight excluding hydrogens is 425 g/mol. The van der Waals surface area contributed by atoms with E-state index in [-0.39, 0.29) is 30.6 Å². The van der Waals surface area contributed by atoms with Gasteiger partial charge in [0.15, 0.2) is 0 Å². The summed E-state index contributed by atoms with van der Waals surface area (Å²) in [5, 5.41) is 9.00. The molecule has 0 bridgehead atoms. The summed E-state index contributed by atoms with van der Waals surface area (Å²) in [6.45, 7) is 3.61. The fourth-order valence-corrected chi connectivity index (χ4v) is 3.71. The van der Waals surface area contributed by atoms with E-state index in [0.717, 1.165) is 5.56 Å². The first-order valence-corrected chi connectivity index (χ1v) is 10.1. The molecule has 6 nitrogen and oxygen atoms in total. The monoisotopic (exact) mass is 445 g/mol. The Balaban J connectivity index is 1.67. The largest absolute Gasteiger partial charge is 0.329 e. The summed E-state index contributed by atoms with van der Waals surface area (Å²) in [7, 11) is 0. The molecule has 1 atom stereocenters. The van der Waals surface area contributed by atoms with Crippen molar-refractivity contribution in [2.24, 2.45) is 5.92 Å². The molecule has 2 aromatic rings. The lowest BCUT2D eigenvalue weighted by molar-refractivity contribution is -0.128. The lowest BCUT2D eigenvalue weighted by Gasteiger charge is -2.25. The molecule has 156 valence electrons. The van der Waals surface area contributed by atoms with Gasteiger partial charge in [0, 0.05) is 39.1 Å². The quantitative estimate of drug-likeness (QED) is 0.624. The third-order valence-corrected chi connectivity index (χ3v) is 5.18. The van der Waals surface area contributed by atoms with E-state index in [4.69, 9.17) is 23.2 Å². The number of aryl methyl sites for hydroxylation is 1. The zero-order valence-electron chi connectivity index (χ0n) is 16.5. The Morgan fingerprint density at radius 1 is 1.00 bits per heavy atom. The van der Waals surface area contributed by atoms with Crippen LogP contribution in [0.25, 0.3) is 0 Å². The minimum Gasteiger partial charge on any atom is -0.329 e. The second-order valence-electron chi connectivity index (χ2n) is 7.22. The van der Waals surface area contributed by atoms with Crippen LogP contribution in [0.3, 0.4) is 0 Å². The van der Waals surface area contributed by atoms with Crippen LogP contribution in [0.1, 0.15) is 25.3 Å². The summed E-state index contributed by atoms with van der Waals surface area (Å²) in [4.78, 5) is 37.5. The van der Waals surface area contributed by atoms with Gasteiger partial charge in [-0.15, -0.1) is 0 Å². The number of anilines is 2. The van der Waals surface area contributed by atoms with Crippen LogP contribution in [0.5, 0.6) is 0 Å². The summed E-state index contributed by atoms with van der Waals surface area (Å²) in [5.41, 5.74) is 3.05. The molecule has 1 aliphatic rings. The number of carbonyl (C=O) groups excluding carboxylic acids is 3. The molecule has 2 aromatic carbocycles. The van der Waals surface area contributed by atoms with Crippen LogP contribution in [0, 0.1) is 12.8 Å². The van der Waals surface area contributed by atoms with E-state index in [1.807, 2.05) is 19.1 Å². The number of rotatable bonds is 5. The van der Waals surface area contributed by atoms with Crippen LogP contribution >= 0.6 is 23.2 Å². The van der Waals surface area contributed by atoms with Crippen molar-refractivity contribution in [2.45, 2.75) is 26.7 Å². The number of benzene rings is 2. The summed E-state index contributed by atoms with van der Waals surface area (Å²) in [6.07, 6.45) is 0.117. The highest BCUT2D eigenvalue weighted by Crippen LogP contribution is 2.27. The number of hydrogen-bond acceptors (Lipinski definition) is 3. The van der Waals surface area contributed by atoms with Crippen LogP contribution in [0.15, 0.2) is 53.7 Å². The molecule has 3 N–H and O–H groups in total. The van der Waals surface area contributed by atoms with Crippen molar-refractivity contribution >= 4 is 52.3 Å². The Kier molecular flexibility index (Phi) is 6.80. The third-order valence-electron chi connectivity index (χ3n) is 4.75. The van der Waals surface area contributed by atoms with E-state index in [2.05, 4.69) is 16.0 Å². The Hall–Kier alpha value is -2.83. The van der Waals surface area contributed by atoms with Crippen LogP contribution < -0.4 is 16.0 Å². The van der Waals surface area contributed by atoms with Gasteiger partial charge in [-0.25, -0.2) is 0 Å². The zero-order chi connectivity index (χ0) is 21.8. The molecule has 1 aliphatic heterocycles. The van der Waals surface area contributed by atoms with Crippen LogP contribution in [0.2, 0.25) is 10.0 Å². The van der Waals surface area contributed by atoms with Crippen molar-refractivity contribution in [3.8, 4) is 0 Å². The zero-order valence-corrected chi connectivity index (χ0v) is 18.0. The Bertz CT molecular complexity index is 1010. The Morgan fingerprint density at radius 2 is 1.63 bits per heavy atom. The lowest BCUT2D eigenvalue weighted by Crippen LogP contribution is -2.39. The Morgan fingerprint density at radius 3 is 2.27 bits per heavy atom. The minimum absolute atomic E-state index is 0.0350. The van der Waals surface area contributed by atoms with Gasteiger partial charge in [-0.3, -0.25) is 14.4 Å². The fraction of sp³-hybridized carbons (Fsp3) is 0.227. The summed E-state index contributed by atoms with van der Waals surface area (Å²) < 4.78 is 0. The molecule has 0 aromatic heterocycles. The highest BCUT2D eigenvalue weighted by molar-refractivity contribution is 6.35. The number of carbonyl (C=O) groups is 3. The second-order valence-corrected chi connectivity index (χ2v) is 8.10. The van der Waals surface area contributed by atoms with Crippen LogP contribution in [-0.2, 0) is 14.4 Å². The van der Waals surface area contributed by atoms with Crippen molar-refractivity contribution in [3.63, 3.8) is 0 Å². The average molecular weight is 446 g/mol. The molecule has 30 heavy (non-hydrogen) atoms. The smallest absolute Gasteiger partial charge is 0.253 e. The summed E-state index contributed by atoms with van der Waals surface area (Å²) >= 11 is 11.9. The molecule has 1 heterocycles. The highest BCUT2D eigenvalue weighted by Gasteiger charge is 2.31. The van der Waals surface area contributed by atoms with Crippen molar-refractivity contribution in [2.75, 3.05) is 10.6 Å². The van der Waals surface area contributed by atoms with Gasteiger partial charge < -0.3 is 16.0 Å². The van der Waals surface area contributed by atoms with E-state index in [0.29, 0.717) is 32.7 Å². The number of allylic oxidation sites excluding steroid dienone is 1. The molecule has 0 spiro atoms. The van der Waals surface area contributed by atoms with Gasteiger partial charge in [-0.2, -0.15) is 0 Å². The van der Waals surface area contributed by atoms with E-state index < -0.39 is 5.92 Å². The van der Waals surface area contributed by atoms with Gasteiger partial charge in [0.2, 0.25) is 11.8 Å². The molecule has 1 unspecified atom stereocenters. The van der Waals surface area contributed by atoms with Gasteiger partial charge in [-0.1, -0.05) is 40.9 Å². The van der Waals surface area contributed by atoms with Crippen molar-refractivity contribution in [1.82, 2.24) is 5.32 Å². The molecule has 8 heteroatoms. The summed E-state index contributed by atoms with van der Waals surface area (Å²) in [6, 6.07) is 12.1. The summed E-state index contributed by atoms with van der Waals surface area (Å²) in [5.74, 6) is -1.61. The van der Waals surface area contributed by atoms with Gasteiger partial charge in [0.1, 0.15) is 0 Å². The maximum absolute atomic E-state index is 12.8. The molecule has 0 aliphatic carbocycles. The second kappa shape index (κ2) is 9.32. The molecule has 3 amide bonds. The molecule has 0 radical (unpaired) electrons. The van der Waals surface area contributed by atoms with E-state index in [9.17, 15) is 14.4 Å². The van der Waals surface area contributed by atoms with Gasteiger partial charge >= 0.3 is 0 Å². The SMILES string of the molecule is CC1=C(C(=O)Nc2cc(Cl)cc(Cl)c2)CC(CC(=O)Nc2ccc(C)cc2)C(=O)N1. The van der Waals surface area contributed by atoms with Gasteiger partial charge in [-0.05, 0) is 50.6 Å². The van der Waals surface area contributed by atoms with Crippen LogP contribution in [0.4, 0.5) is 11.4 Å². The van der Waals surface area contributed by atoms with Gasteiger partial charge in [0.05, 0.1) is 5.92 Å². The first-order valence-electron chi connectivity index (χ1n) is 9.36. The Labute approximate surface area is 184 Å². The number of amides is 3. The normalized spacial score (nSPS) is 16.1. The third kappa shape index (κ3) is 5.62. The first kappa shape index (κ1) is 21.9. The molecule has 3 rings (SSSR count). The maximum atomic E-state index is 12.8. The molecule has 0 fully saturated rings. The minimum atomic E-state index is -0.650. The van der Waals surface area contributed by atoms with Gasteiger partial charge in [0.25, 0.3) is 5.91 Å². The van der Waals surface area contributed by atoms with Crippen molar-refractivity contribution < 1.29 is 14.4 Å². The lowest BCUT2D eigenvalue weighted by atomic mass is 9.90. The molecule has 0 saturated carbocycles. The first-order chi connectivity index (χ1) is 14.2. The predicted molar refractivity (Wildman–Crippen MR) is 118 cm³/mol. The standard InChI is InChI=1S/C22H21Cl2N3O3/c1-12-3-5-17(6-4-12)26-20(28)8-14-7-19(13(2)25-21(14)29)22(30)27-18-10-15(23)9-16(24)11-18/h3-6,9-11,14H,7-8H2,1-2H3,(H,25,29)(H,26,28)(H,27,30). The van der Waals surface area contributed by atoms with Crippen LogP contribution in [-0.4, -0.2) is 17.7 Å². The molecule has 0 saturated heterocycles. The van der Waals surface area contributed by atoms with E-state index in [1.165, 1.54) is 0 Å². The predicted octanol–water partition coefficient (Wildman–Crippen LogP) is 4.68. The number of hydrogen-bond donors (Lipinski definition) is 3. The molecular formula is C22H21Cl2N3O3. The number of nitrogens with one attached hydrogen (secondary N) is 3. The highest BCUT2D eigenvalue weighted by atomic mass is 35.5. The average Bonchev–Trinajstić information content (AvgIpc) is 2.65. The topological polar surface area (TPSA) is 87.3 Å². The van der Waals surface area contributed by atoms with Crippen molar-refractivity contribution in [3.05, 3.63) is 69.3 Å². The number of halogens is 2. The van der Waals surface area contributed by atoms with Crippen molar-refractivity contribution in [1.29, 1.82) is 0 Å². The van der Waals surface area contributed by atoms with E-state index in [1.54, 1.807) is 37.3 Å². The maximum Gasteiger partial charge on any atom is 0.253 e. The van der Waals surface area contributed by atoms with E-state index >= 15 is 0 Å². The fourth-order valence-electron chi connectivity index (χ4n) is 3.19.